The minimum absolute atomic E-state index is 0. The van der Waals surface area contributed by atoms with Gasteiger partial charge >= 0.3 is 29.6 Å². The van der Waals surface area contributed by atoms with Crippen molar-refractivity contribution in [1.29, 1.82) is 0 Å². The second kappa shape index (κ2) is 5.09. The normalized spacial score (nSPS) is 8.55. The third-order valence-corrected chi connectivity index (χ3v) is 1.72. The van der Waals surface area contributed by atoms with E-state index in [1.54, 1.807) is 13.0 Å². The fraction of sp³-hybridized carbons (Fsp3) is 0.125. The van der Waals surface area contributed by atoms with Crippen molar-refractivity contribution in [3.05, 3.63) is 34.3 Å². The van der Waals surface area contributed by atoms with Gasteiger partial charge in [0.15, 0.2) is 5.78 Å². The van der Waals surface area contributed by atoms with Crippen molar-refractivity contribution in [2.45, 2.75) is 6.92 Å². The van der Waals surface area contributed by atoms with E-state index < -0.39 is 0 Å². The Kier molecular flexibility index (Phi) is 5.26. The molecule has 54 valence electrons. The van der Waals surface area contributed by atoms with Gasteiger partial charge in [0.1, 0.15) is 0 Å². The fourth-order valence-electron chi connectivity index (χ4n) is 0.707. The molecule has 1 nitrogen and oxygen atoms in total. The second-order valence-corrected chi connectivity index (χ2v) is 2.98. The third-order valence-electron chi connectivity index (χ3n) is 1.23. The monoisotopic (exact) mass is 222 g/mol. The first-order valence-electron chi connectivity index (χ1n) is 2.96. The predicted molar refractivity (Wildman–Crippen MR) is 45.3 cm³/mol. The number of Topliss-reactive ketones (excluding diaryl/α,β-unsaturated/α-hetero) is 1. The Hall–Kier alpha value is 0.370. The summed E-state index contributed by atoms with van der Waals surface area (Å²) >= 11 is 3.28. The number of carbonyl (C=O) groups excluding carboxylic acids is 1. The zero-order chi connectivity index (χ0) is 7.56. The Morgan fingerprint density at radius 3 is 2.55 bits per heavy atom. The molecule has 3 heteroatoms. The summed E-state index contributed by atoms with van der Waals surface area (Å²) in [6.45, 7) is 1.56. The molecule has 0 amide bonds. The summed E-state index contributed by atoms with van der Waals surface area (Å²) in [5.41, 5.74) is 0.745. The molecule has 1 rings (SSSR count). The summed E-state index contributed by atoms with van der Waals surface area (Å²) in [5, 5.41) is 0. The first-order chi connectivity index (χ1) is 4.70. The summed E-state index contributed by atoms with van der Waals surface area (Å²) in [7, 11) is 0. The van der Waals surface area contributed by atoms with Crippen LogP contribution in [0.5, 0.6) is 0 Å². The van der Waals surface area contributed by atoms with E-state index in [0.717, 1.165) is 10.0 Å². The van der Waals surface area contributed by atoms with E-state index in [0.29, 0.717) is 0 Å². The predicted octanol–water partition coefficient (Wildman–Crippen LogP) is -0.232. The van der Waals surface area contributed by atoms with E-state index in [2.05, 4.69) is 15.9 Å². The van der Waals surface area contributed by atoms with Gasteiger partial charge in [0.25, 0.3) is 0 Å². The van der Waals surface area contributed by atoms with Crippen molar-refractivity contribution >= 4 is 21.7 Å². The molecule has 0 spiro atoms. The number of rotatable bonds is 1. The molecular formula is C8H8BrNaO. The van der Waals surface area contributed by atoms with Gasteiger partial charge in [-0.15, -0.1) is 0 Å². The van der Waals surface area contributed by atoms with Gasteiger partial charge in [0.05, 0.1) is 0 Å². The van der Waals surface area contributed by atoms with Crippen LogP contribution in [0.25, 0.3) is 0 Å². The van der Waals surface area contributed by atoms with Crippen LogP contribution in [0.15, 0.2) is 28.7 Å². The van der Waals surface area contributed by atoms with Crippen LogP contribution in [0.2, 0.25) is 0 Å². The topological polar surface area (TPSA) is 17.1 Å². The molecule has 0 bridgehead atoms. The smallest absolute Gasteiger partial charge is 1.00 e. The molecule has 0 fully saturated rings. The van der Waals surface area contributed by atoms with E-state index >= 15 is 0 Å². The van der Waals surface area contributed by atoms with Crippen molar-refractivity contribution in [3.8, 4) is 0 Å². The van der Waals surface area contributed by atoms with Crippen molar-refractivity contribution in [2.75, 3.05) is 0 Å². The molecule has 11 heavy (non-hydrogen) atoms. The van der Waals surface area contributed by atoms with Gasteiger partial charge in [-0.05, 0) is 19.1 Å². The standard InChI is InChI=1S/C8H7BrO.Na.H/c1-6(10)7-3-2-4-8(9)5-7;;/h2-5H,1H3;;/q;+1;-1. The average molecular weight is 223 g/mol. The Morgan fingerprint density at radius 1 is 1.55 bits per heavy atom. The zero-order valence-electron chi connectivity index (χ0n) is 7.60. The van der Waals surface area contributed by atoms with Gasteiger partial charge in [0.2, 0.25) is 0 Å². The largest absolute Gasteiger partial charge is 1.00 e. The van der Waals surface area contributed by atoms with Gasteiger partial charge in [-0.25, -0.2) is 0 Å². The molecule has 0 aliphatic heterocycles. The molecule has 0 aromatic heterocycles. The third kappa shape index (κ3) is 3.52. The van der Waals surface area contributed by atoms with Crippen molar-refractivity contribution in [1.82, 2.24) is 0 Å². The van der Waals surface area contributed by atoms with Crippen LogP contribution in [0, 0.1) is 0 Å². The minimum atomic E-state index is 0. The minimum Gasteiger partial charge on any atom is -1.00 e. The Labute approximate surface area is 98.1 Å². The van der Waals surface area contributed by atoms with Crippen molar-refractivity contribution < 1.29 is 35.8 Å². The van der Waals surface area contributed by atoms with Crippen LogP contribution < -0.4 is 29.6 Å². The summed E-state index contributed by atoms with van der Waals surface area (Å²) in [6, 6.07) is 7.35. The van der Waals surface area contributed by atoms with Gasteiger partial charge in [0, 0.05) is 10.0 Å². The van der Waals surface area contributed by atoms with E-state index in [9.17, 15) is 4.79 Å². The maximum Gasteiger partial charge on any atom is 1.00 e. The molecule has 0 radical (unpaired) electrons. The molecule has 1 aromatic carbocycles. The van der Waals surface area contributed by atoms with E-state index in [4.69, 9.17) is 0 Å². The van der Waals surface area contributed by atoms with Crippen molar-refractivity contribution in [2.24, 2.45) is 0 Å². The van der Waals surface area contributed by atoms with Crippen LogP contribution in [0.1, 0.15) is 18.7 Å². The van der Waals surface area contributed by atoms with Crippen LogP contribution in [-0.2, 0) is 0 Å². The van der Waals surface area contributed by atoms with E-state index in [1.165, 1.54) is 0 Å². The molecule has 0 saturated heterocycles. The van der Waals surface area contributed by atoms with E-state index in [-0.39, 0.29) is 36.8 Å². The van der Waals surface area contributed by atoms with Crippen LogP contribution in [0.4, 0.5) is 0 Å². The molecule has 0 atom stereocenters. The number of hydrogen-bond donors (Lipinski definition) is 0. The summed E-state index contributed by atoms with van der Waals surface area (Å²) in [5.74, 6) is 0.0984. The number of hydrogen-bond acceptors (Lipinski definition) is 1. The van der Waals surface area contributed by atoms with Crippen LogP contribution >= 0.6 is 15.9 Å². The first-order valence-corrected chi connectivity index (χ1v) is 3.76. The van der Waals surface area contributed by atoms with Gasteiger partial charge < -0.3 is 1.43 Å². The van der Waals surface area contributed by atoms with Crippen molar-refractivity contribution in [3.63, 3.8) is 0 Å². The Morgan fingerprint density at radius 2 is 2.18 bits per heavy atom. The summed E-state index contributed by atoms with van der Waals surface area (Å²) in [4.78, 5) is 10.8. The fourth-order valence-corrected chi connectivity index (χ4v) is 1.11. The molecule has 0 heterocycles. The molecule has 0 aliphatic carbocycles. The second-order valence-electron chi connectivity index (χ2n) is 2.07. The molecule has 0 saturated carbocycles. The quantitative estimate of drug-likeness (QED) is 0.474. The SMILES string of the molecule is CC(=O)c1cccc(Br)c1.[H-].[Na+]. The summed E-state index contributed by atoms with van der Waals surface area (Å²) < 4.78 is 0.945. The Balaban J connectivity index is 0. The number of halogens is 1. The number of carbonyl (C=O) groups is 1. The average Bonchev–Trinajstić information content (AvgIpc) is 1.88. The first kappa shape index (κ1) is 11.4. The van der Waals surface area contributed by atoms with Gasteiger partial charge in [-0.3, -0.25) is 4.79 Å². The van der Waals surface area contributed by atoms with Gasteiger partial charge in [-0.2, -0.15) is 0 Å². The molecule has 0 aliphatic rings. The molecule has 0 N–H and O–H groups in total. The van der Waals surface area contributed by atoms with Crippen LogP contribution in [-0.4, -0.2) is 5.78 Å². The Bertz CT molecular complexity index is 265. The molecule has 1 aromatic rings. The zero-order valence-corrected chi connectivity index (χ0v) is 10.2. The van der Waals surface area contributed by atoms with E-state index in [1.807, 2.05) is 18.2 Å². The summed E-state index contributed by atoms with van der Waals surface area (Å²) in [6.07, 6.45) is 0. The number of benzene rings is 1. The maximum atomic E-state index is 10.8. The maximum absolute atomic E-state index is 10.8. The molecule has 0 unspecified atom stereocenters. The number of ketones is 1. The van der Waals surface area contributed by atoms with Gasteiger partial charge in [-0.1, -0.05) is 28.1 Å². The molecular weight excluding hydrogens is 215 g/mol. The van der Waals surface area contributed by atoms with Crippen LogP contribution in [0.3, 0.4) is 0 Å².